The molecule has 0 saturated carbocycles. The summed E-state index contributed by atoms with van der Waals surface area (Å²) in [5.74, 6) is -0.0428. The average molecular weight is 321 g/mol. The maximum absolute atomic E-state index is 11.8. The fourth-order valence-corrected chi connectivity index (χ4v) is 1.99. The lowest BCUT2D eigenvalue weighted by atomic mass is 10.0. The van der Waals surface area contributed by atoms with Crippen molar-refractivity contribution >= 4 is 12.0 Å². The summed E-state index contributed by atoms with van der Waals surface area (Å²) in [6.07, 6.45) is 0.0963. The number of hydrogen-bond donors (Lipinski definition) is 2. The van der Waals surface area contributed by atoms with Crippen LogP contribution in [0, 0.1) is 0 Å². The summed E-state index contributed by atoms with van der Waals surface area (Å²) in [4.78, 5) is 25.2. The van der Waals surface area contributed by atoms with Gasteiger partial charge in [-0.15, -0.1) is 0 Å². The number of carbonyl (C=O) groups excluding carboxylic acids is 2. The lowest BCUT2D eigenvalue weighted by Crippen LogP contribution is -2.44. The van der Waals surface area contributed by atoms with Gasteiger partial charge in [0.1, 0.15) is 5.60 Å². The average Bonchev–Trinajstić information content (AvgIpc) is 2.44. The molecule has 0 aliphatic carbocycles. The zero-order chi connectivity index (χ0) is 17.6. The van der Waals surface area contributed by atoms with E-state index in [4.69, 9.17) is 10.5 Å². The van der Waals surface area contributed by atoms with E-state index < -0.39 is 11.7 Å². The van der Waals surface area contributed by atoms with E-state index in [-0.39, 0.29) is 11.9 Å². The third-order valence-electron chi connectivity index (χ3n) is 3.09. The molecule has 128 valence electrons. The SMILES string of the molecule is CN(C)C(=O)c1ccc(CC(CN)NC(=O)OC(C)(C)C)cc1. The van der Waals surface area contributed by atoms with Crippen LogP contribution in [0.15, 0.2) is 24.3 Å². The fourth-order valence-electron chi connectivity index (χ4n) is 1.99. The zero-order valence-corrected chi connectivity index (χ0v) is 14.6. The fraction of sp³-hybridized carbons (Fsp3) is 0.529. The highest BCUT2D eigenvalue weighted by Gasteiger charge is 2.19. The molecule has 6 nitrogen and oxygen atoms in total. The van der Waals surface area contributed by atoms with Crippen LogP contribution in [0.3, 0.4) is 0 Å². The predicted molar refractivity (Wildman–Crippen MR) is 90.4 cm³/mol. The van der Waals surface area contributed by atoms with Gasteiger partial charge in [-0.2, -0.15) is 0 Å². The van der Waals surface area contributed by atoms with E-state index in [9.17, 15) is 9.59 Å². The Hall–Kier alpha value is -2.08. The summed E-state index contributed by atoms with van der Waals surface area (Å²) >= 11 is 0. The van der Waals surface area contributed by atoms with Crippen LogP contribution in [0.1, 0.15) is 36.7 Å². The predicted octanol–water partition coefficient (Wildman–Crippen LogP) is 1.78. The Balaban J connectivity index is 2.65. The second kappa shape index (κ2) is 7.97. The summed E-state index contributed by atoms with van der Waals surface area (Å²) in [7, 11) is 3.43. The Bertz CT molecular complexity index is 533. The van der Waals surface area contributed by atoms with E-state index in [0.29, 0.717) is 18.5 Å². The van der Waals surface area contributed by atoms with Gasteiger partial charge in [0.05, 0.1) is 0 Å². The first-order valence-electron chi connectivity index (χ1n) is 7.62. The van der Waals surface area contributed by atoms with Crippen molar-refractivity contribution in [2.75, 3.05) is 20.6 Å². The third kappa shape index (κ3) is 6.69. The van der Waals surface area contributed by atoms with Gasteiger partial charge in [0, 0.05) is 32.2 Å². The molecule has 3 N–H and O–H groups in total. The van der Waals surface area contributed by atoms with Crippen molar-refractivity contribution in [3.8, 4) is 0 Å². The Morgan fingerprint density at radius 3 is 2.22 bits per heavy atom. The monoisotopic (exact) mass is 321 g/mol. The Morgan fingerprint density at radius 1 is 1.22 bits per heavy atom. The number of amides is 2. The molecule has 0 fully saturated rings. The molecule has 1 aromatic carbocycles. The van der Waals surface area contributed by atoms with Gasteiger partial charge in [0.25, 0.3) is 5.91 Å². The van der Waals surface area contributed by atoms with Gasteiger partial charge in [0.15, 0.2) is 0 Å². The summed E-state index contributed by atoms with van der Waals surface area (Å²) in [5.41, 5.74) is 6.80. The van der Waals surface area contributed by atoms with E-state index in [1.807, 2.05) is 32.9 Å². The summed E-state index contributed by atoms with van der Waals surface area (Å²) in [5, 5.41) is 2.77. The summed E-state index contributed by atoms with van der Waals surface area (Å²) in [6, 6.07) is 7.07. The van der Waals surface area contributed by atoms with Crippen LogP contribution in [0.5, 0.6) is 0 Å². The van der Waals surface area contributed by atoms with Crippen molar-refractivity contribution in [1.82, 2.24) is 10.2 Å². The van der Waals surface area contributed by atoms with Gasteiger partial charge in [-0.1, -0.05) is 12.1 Å². The Labute approximate surface area is 138 Å². The minimum atomic E-state index is -0.544. The maximum Gasteiger partial charge on any atom is 0.407 e. The number of benzene rings is 1. The van der Waals surface area contributed by atoms with Crippen molar-refractivity contribution in [2.45, 2.75) is 38.8 Å². The molecule has 0 heterocycles. The quantitative estimate of drug-likeness (QED) is 0.866. The van der Waals surface area contributed by atoms with Crippen LogP contribution < -0.4 is 11.1 Å². The molecule has 0 bridgehead atoms. The Kier molecular flexibility index (Phi) is 6.57. The smallest absolute Gasteiger partial charge is 0.407 e. The van der Waals surface area contributed by atoms with Crippen molar-refractivity contribution in [3.05, 3.63) is 35.4 Å². The molecule has 0 spiro atoms. The normalized spacial score (nSPS) is 12.4. The number of hydrogen-bond acceptors (Lipinski definition) is 4. The van der Waals surface area contributed by atoms with Crippen molar-refractivity contribution in [3.63, 3.8) is 0 Å². The van der Waals surface area contributed by atoms with Gasteiger partial charge in [0.2, 0.25) is 0 Å². The molecule has 6 heteroatoms. The van der Waals surface area contributed by atoms with Crippen LogP contribution in [-0.4, -0.2) is 49.2 Å². The van der Waals surface area contributed by atoms with Crippen molar-refractivity contribution in [2.24, 2.45) is 5.73 Å². The molecule has 1 rings (SSSR count). The molecule has 0 aliphatic rings. The van der Waals surface area contributed by atoms with E-state index in [2.05, 4.69) is 5.32 Å². The first-order valence-corrected chi connectivity index (χ1v) is 7.62. The topological polar surface area (TPSA) is 84.7 Å². The molecule has 0 saturated heterocycles. The van der Waals surface area contributed by atoms with Crippen LogP contribution in [0.4, 0.5) is 4.79 Å². The number of ether oxygens (including phenoxy) is 1. The first kappa shape index (κ1) is 19.0. The molecule has 1 atom stereocenters. The van der Waals surface area contributed by atoms with Gasteiger partial charge in [-0.05, 0) is 44.9 Å². The standard InChI is InChI=1S/C17H27N3O3/c1-17(2,3)23-16(22)19-14(11-18)10-12-6-8-13(9-7-12)15(21)20(4)5/h6-9,14H,10-11,18H2,1-5H3,(H,19,22). The van der Waals surface area contributed by atoms with E-state index in [0.717, 1.165) is 5.56 Å². The molecule has 1 aromatic rings. The first-order chi connectivity index (χ1) is 10.6. The number of nitrogens with two attached hydrogens (primary N) is 1. The van der Waals surface area contributed by atoms with Crippen LogP contribution >= 0.6 is 0 Å². The van der Waals surface area contributed by atoms with E-state index in [1.54, 1.807) is 26.2 Å². The molecule has 0 radical (unpaired) electrons. The van der Waals surface area contributed by atoms with Gasteiger partial charge < -0.3 is 20.7 Å². The van der Waals surface area contributed by atoms with Crippen LogP contribution in [0.2, 0.25) is 0 Å². The van der Waals surface area contributed by atoms with Gasteiger partial charge >= 0.3 is 6.09 Å². The minimum absolute atomic E-state index is 0.0428. The highest BCUT2D eigenvalue weighted by Crippen LogP contribution is 2.10. The molecule has 0 aliphatic heterocycles. The minimum Gasteiger partial charge on any atom is -0.444 e. The van der Waals surface area contributed by atoms with E-state index in [1.165, 1.54) is 4.90 Å². The molecule has 0 aromatic heterocycles. The van der Waals surface area contributed by atoms with Crippen LogP contribution in [-0.2, 0) is 11.2 Å². The summed E-state index contributed by atoms with van der Waals surface area (Å²) < 4.78 is 5.23. The van der Waals surface area contributed by atoms with Crippen LogP contribution in [0.25, 0.3) is 0 Å². The number of nitrogens with one attached hydrogen (secondary N) is 1. The highest BCUT2D eigenvalue weighted by molar-refractivity contribution is 5.93. The second-order valence-corrected chi connectivity index (χ2v) is 6.68. The van der Waals surface area contributed by atoms with Gasteiger partial charge in [-0.3, -0.25) is 4.79 Å². The second-order valence-electron chi connectivity index (χ2n) is 6.68. The molecular formula is C17H27N3O3. The number of carbonyl (C=O) groups is 2. The lowest BCUT2D eigenvalue weighted by Gasteiger charge is -2.23. The number of rotatable bonds is 5. The van der Waals surface area contributed by atoms with E-state index >= 15 is 0 Å². The van der Waals surface area contributed by atoms with Gasteiger partial charge in [-0.25, -0.2) is 4.79 Å². The zero-order valence-electron chi connectivity index (χ0n) is 14.6. The lowest BCUT2D eigenvalue weighted by molar-refractivity contribution is 0.0505. The third-order valence-corrected chi connectivity index (χ3v) is 3.09. The molecule has 2 amide bonds. The van der Waals surface area contributed by atoms with Crippen molar-refractivity contribution < 1.29 is 14.3 Å². The Morgan fingerprint density at radius 2 is 1.78 bits per heavy atom. The number of alkyl carbamates (subject to hydrolysis) is 1. The number of nitrogens with zero attached hydrogens (tertiary/aromatic N) is 1. The largest absolute Gasteiger partial charge is 0.444 e. The highest BCUT2D eigenvalue weighted by atomic mass is 16.6. The maximum atomic E-state index is 11.8. The molecular weight excluding hydrogens is 294 g/mol. The molecule has 23 heavy (non-hydrogen) atoms. The summed E-state index contributed by atoms with van der Waals surface area (Å²) in [6.45, 7) is 5.73. The van der Waals surface area contributed by atoms with Crippen molar-refractivity contribution in [1.29, 1.82) is 0 Å². The molecule has 1 unspecified atom stereocenters.